The van der Waals surface area contributed by atoms with Crippen LogP contribution in [0.25, 0.3) is 22.1 Å². The van der Waals surface area contributed by atoms with E-state index in [-0.39, 0.29) is 5.56 Å². The second-order valence-electron chi connectivity index (χ2n) is 7.30. The van der Waals surface area contributed by atoms with Gasteiger partial charge in [-0.05, 0) is 60.5 Å². The molecule has 8 heteroatoms. The molecule has 5 nitrogen and oxygen atoms in total. The van der Waals surface area contributed by atoms with Crippen molar-refractivity contribution in [1.29, 1.82) is 0 Å². The molecule has 0 N–H and O–H groups in total. The van der Waals surface area contributed by atoms with Gasteiger partial charge in [0.25, 0.3) is 5.56 Å². The molecular weight excluding hydrogens is 568 g/mol. The zero-order valence-corrected chi connectivity index (χ0v) is 21.5. The number of imidazole rings is 1. The van der Waals surface area contributed by atoms with E-state index in [1.807, 2.05) is 73.7 Å². The summed E-state index contributed by atoms with van der Waals surface area (Å²) in [4.78, 5) is 18.4. The van der Waals surface area contributed by atoms with Crippen LogP contribution in [0.4, 0.5) is 0 Å². The van der Waals surface area contributed by atoms with E-state index < -0.39 is 0 Å². The van der Waals surface area contributed by atoms with Crippen LogP contribution in [-0.4, -0.2) is 16.0 Å². The van der Waals surface area contributed by atoms with Crippen LogP contribution in [-0.2, 0) is 6.61 Å². The standard InChI is InChI=1S/C25H18Br2N2O3S/c1-2-31-21-11-16(18(27)13-22(21)32-14-15-7-9-17(26)10-8-15)12-23-24(30)29-20-6-4-3-5-19(20)28-25(29)33-23/h3-13H,2,14H2,1H3/b23-12-. The zero-order chi connectivity index (χ0) is 22.9. The van der Waals surface area contributed by atoms with Gasteiger partial charge in [-0.2, -0.15) is 0 Å². The monoisotopic (exact) mass is 584 g/mol. The minimum atomic E-state index is -0.0795. The molecule has 5 rings (SSSR count). The number of nitrogens with zero attached hydrogens (tertiary/aromatic N) is 2. The van der Waals surface area contributed by atoms with Gasteiger partial charge in [-0.3, -0.25) is 4.79 Å². The van der Waals surface area contributed by atoms with Crippen molar-refractivity contribution in [2.75, 3.05) is 6.61 Å². The SMILES string of the molecule is CCOc1cc(/C=c2\sc3nc4ccccc4n3c2=O)c(Br)cc1OCc1ccc(Br)cc1. The highest BCUT2D eigenvalue weighted by Crippen LogP contribution is 2.35. The Bertz CT molecular complexity index is 1580. The first kappa shape index (κ1) is 22.1. The summed E-state index contributed by atoms with van der Waals surface area (Å²) in [5.74, 6) is 1.27. The first-order chi connectivity index (χ1) is 16.0. The van der Waals surface area contributed by atoms with E-state index in [0.717, 1.165) is 31.1 Å². The summed E-state index contributed by atoms with van der Waals surface area (Å²) in [5, 5.41) is 0. The minimum absolute atomic E-state index is 0.0795. The molecule has 0 saturated heterocycles. The lowest BCUT2D eigenvalue weighted by Gasteiger charge is -2.14. The Morgan fingerprint density at radius 2 is 1.79 bits per heavy atom. The number of para-hydroxylation sites is 2. The van der Waals surface area contributed by atoms with Crippen molar-refractivity contribution >= 4 is 65.3 Å². The van der Waals surface area contributed by atoms with Gasteiger partial charge in [-0.15, -0.1) is 0 Å². The van der Waals surface area contributed by atoms with Crippen molar-refractivity contribution in [2.45, 2.75) is 13.5 Å². The molecule has 166 valence electrons. The van der Waals surface area contributed by atoms with Crippen LogP contribution < -0.4 is 19.6 Å². The van der Waals surface area contributed by atoms with Crippen molar-refractivity contribution in [3.05, 3.63) is 95.6 Å². The van der Waals surface area contributed by atoms with Crippen LogP contribution in [0.5, 0.6) is 11.5 Å². The third-order valence-electron chi connectivity index (χ3n) is 5.10. The van der Waals surface area contributed by atoms with Gasteiger partial charge in [0.15, 0.2) is 16.5 Å². The summed E-state index contributed by atoms with van der Waals surface area (Å²) < 4.78 is 16.0. The molecule has 0 saturated carbocycles. The van der Waals surface area contributed by atoms with Crippen molar-refractivity contribution < 1.29 is 9.47 Å². The van der Waals surface area contributed by atoms with Crippen molar-refractivity contribution in [3.63, 3.8) is 0 Å². The maximum atomic E-state index is 13.1. The second kappa shape index (κ2) is 9.29. The van der Waals surface area contributed by atoms with Gasteiger partial charge in [-0.25, -0.2) is 9.38 Å². The minimum Gasteiger partial charge on any atom is -0.490 e. The molecule has 0 unspecified atom stereocenters. The fourth-order valence-electron chi connectivity index (χ4n) is 3.54. The average molecular weight is 586 g/mol. The Kier molecular flexibility index (Phi) is 6.23. The third kappa shape index (κ3) is 4.43. The number of fused-ring (bicyclic) bond motifs is 3. The van der Waals surface area contributed by atoms with Crippen LogP contribution in [0.3, 0.4) is 0 Å². The van der Waals surface area contributed by atoms with Crippen LogP contribution in [0, 0.1) is 0 Å². The number of hydrogen-bond acceptors (Lipinski definition) is 5. The van der Waals surface area contributed by atoms with Gasteiger partial charge < -0.3 is 9.47 Å². The highest BCUT2D eigenvalue weighted by Gasteiger charge is 2.13. The third-order valence-corrected chi connectivity index (χ3v) is 7.29. The first-order valence-corrected chi connectivity index (χ1v) is 12.7. The normalized spacial score (nSPS) is 12.0. The molecule has 3 aromatic carbocycles. The van der Waals surface area contributed by atoms with Gasteiger partial charge in [0.2, 0.25) is 0 Å². The highest BCUT2D eigenvalue weighted by molar-refractivity contribution is 9.10. The maximum absolute atomic E-state index is 13.1. The van der Waals surface area contributed by atoms with Crippen molar-refractivity contribution in [3.8, 4) is 11.5 Å². The number of benzene rings is 3. The molecule has 0 fully saturated rings. The molecule has 0 spiro atoms. The summed E-state index contributed by atoms with van der Waals surface area (Å²) in [7, 11) is 0. The van der Waals surface area contributed by atoms with E-state index in [1.165, 1.54) is 11.3 Å². The molecule has 0 aliphatic rings. The lowest BCUT2D eigenvalue weighted by Crippen LogP contribution is -2.22. The van der Waals surface area contributed by atoms with Crippen LogP contribution in [0.15, 0.2) is 74.4 Å². The summed E-state index contributed by atoms with van der Waals surface area (Å²) in [5.41, 5.74) is 3.45. The summed E-state index contributed by atoms with van der Waals surface area (Å²) in [6, 6.07) is 19.4. The molecule has 0 aliphatic heterocycles. The van der Waals surface area contributed by atoms with E-state index in [0.29, 0.717) is 34.2 Å². The Morgan fingerprint density at radius 3 is 2.58 bits per heavy atom. The highest BCUT2D eigenvalue weighted by atomic mass is 79.9. The number of ether oxygens (including phenoxy) is 2. The van der Waals surface area contributed by atoms with Gasteiger partial charge in [0.05, 0.1) is 22.2 Å². The molecule has 0 aliphatic carbocycles. The van der Waals surface area contributed by atoms with Gasteiger partial charge >= 0.3 is 0 Å². The average Bonchev–Trinajstić information content (AvgIpc) is 3.32. The molecular formula is C25H18Br2N2O3S. The molecule has 2 aromatic heterocycles. The molecule has 33 heavy (non-hydrogen) atoms. The maximum Gasteiger partial charge on any atom is 0.274 e. The molecule has 0 amide bonds. The molecule has 0 atom stereocenters. The smallest absolute Gasteiger partial charge is 0.274 e. The van der Waals surface area contributed by atoms with Gasteiger partial charge in [-0.1, -0.05) is 67.5 Å². The predicted octanol–water partition coefficient (Wildman–Crippen LogP) is 5.96. The van der Waals surface area contributed by atoms with E-state index in [9.17, 15) is 4.79 Å². The Labute approximate surface area is 210 Å². The molecule has 0 bridgehead atoms. The predicted molar refractivity (Wildman–Crippen MR) is 139 cm³/mol. The summed E-state index contributed by atoms with van der Waals surface area (Å²) >= 11 is 8.45. The molecule has 2 heterocycles. The van der Waals surface area contributed by atoms with Crippen LogP contribution >= 0.6 is 43.2 Å². The number of halogens is 2. The van der Waals surface area contributed by atoms with Crippen LogP contribution in [0.1, 0.15) is 18.1 Å². The lowest BCUT2D eigenvalue weighted by molar-refractivity contribution is 0.269. The lowest BCUT2D eigenvalue weighted by atomic mass is 10.2. The first-order valence-electron chi connectivity index (χ1n) is 10.3. The largest absolute Gasteiger partial charge is 0.490 e. The second-order valence-corrected chi connectivity index (χ2v) is 10.1. The topological polar surface area (TPSA) is 52.8 Å². The van der Waals surface area contributed by atoms with Gasteiger partial charge in [0.1, 0.15) is 6.61 Å². The fraction of sp³-hybridized carbons (Fsp3) is 0.120. The van der Waals surface area contributed by atoms with E-state index >= 15 is 0 Å². The number of hydrogen-bond donors (Lipinski definition) is 0. The van der Waals surface area contributed by atoms with Crippen LogP contribution in [0.2, 0.25) is 0 Å². The Morgan fingerprint density at radius 1 is 1.03 bits per heavy atom. The van der Waals surface area contributed by atoms with Crippen molar-refractivity contribution in [1.82, 2.24) is 9.38 Å². The summed E-state index contributed by atoms with van der Waals surface area (Å²) in [6.45, 7) is 2.85. The van der Waals surface area contributed by atoms with Crippen molar-refractivity contribution in [2.24, 2.45) is 0 Å². The number of thiazole rings is 1. The van der Waals surface area contributed by atoms with E-state index in [4.69, 9.17) is 9.47 Å². The summed E-state index contributed by atoms with van der Waals surface area (Å²) in [6.07, 6.45) is 1.86. The quantitative estimate of drug-likeness (QED) is 0.247. The van der Waals surface area contributed by atoms with E-state index in [1.54, 1.807) is 4.40 Å². The zero-order valence-electron chi connectivity index (χ0n) is 17.5. The number of rotatable bonds is 6. The van der Waals surface area contributed by atoms with E-state index in [2.05, 4.69) is 36.8 Å². The number of aromatic nitrogens is 2. The van der Waals surface area contributed by atoms with Gasteiger partial charge in [0, 0.05) is 8.95 Å². The Hall–Kier alpha value is -2.68. The Balaban J connectivity index is 1.52. The molecule has 5 aromatic rings. The fourth-order valence-corrected chi connectivity index (χ4v) is 5.22. The molecule has 0 radical (unpaired) electrons.